The monoisotopic (exact) mass is 303 g/mol. The molecule has 2 rings (SSSR count). The maximum atomic E-state index is 12.3. The van der Waals surface area contributed by atoms with Crippen molar-refractivity contribution in [2.45, 2.75) is 57.9 Å². The van der Waals surface area contributed by atoms with E-state index in [0.717, 1.165) is 12.8 Å². The number of hydrogen-bond donors (Lipinski definition) is 2. The number of amides is 1. The van der Waals surface area contributed by atoms with E-state index in [4.69, 9.17) is 5.11 Å². The summed E-state index contributed by atoms with van der Waals surface area (Å²) in [7, 11) is 0. The van der Waals surface area contributed by atoms with E-state index in [1.165, 1.54) is 5.56 Å². The molecule has 0 aliphatic heterocycles. The first-order chi connectivity index (χ1) is 10.3. The maximum absolute atomic E-state index is 12.3. The van der Waals surface area contributed by atoms with Crippen molar-refractivity contribution >= 4 is 11.9 Å². The zero-order valence-corrected chi connectivity index (χ0v) is 13.6. The van der Waals surface area contributed by atoms with E-state index in [2.05, 4.69) is 26.1 Å². The van der Waals surface area contributed by atoms with E-state index in [9.17, 15) is 9.59 Å². The highest BCUT2D eigenvalue weighted by Crippen LogP contribution is 2.25. The molecule has 2 N–H and O–H groups in total. The number of carbonyl (C=O) groups excluding carboxylic acids is 1. The molecule has 0 radical (unpaired) electrons. The molecule has 22 heavy (non-hydrogen) atoms. The van der Waals surface area contributed by atoms with Crippen LogP contribution in [-0.2, 0) is 10.2 Å². The Balaban J connectivity index is 1.92. The summed E-state index contributed by atoms with van der Waals surface area (Å²) < 4.78 is 0. The molecule has 4 heteroatoms. The molecular formula is C18H25NO3. The molecule has 120 valence electrons. The second-order valence-electron chi connectivity index (χ2n) is 7.19. The Morgan fingerprint density at radius 2 is 1.59 bits per heavy atom. The highest BCUT2D eigenvalue weighted by Gasteiger charge is 2.26. The highest BCUT2D eigenvalue weighted by molar-refractivity contribution is 5.94. The molecule has 0 atom stereocenters. The van der Waals surface area contributed by atoms with Crippen LogP contribution in [0.25, 0.3) is 0 Å². The summed E-state index contributed by atoms with van der Waals surface area (Å²) >= 11 is 0. The average molecular weight is 303 g/mol. The Kier molecular flexibility index (Phi) is 4.89. The fraction of sp³-hybridized carbons (Fsp3) is 0.556. The number of nitrogens with one attached hydrogen (secondary N) is 1. The number of hydrogen-bond acceptors (Lipinski definition) is 2. The average Bonchev–Trinajstić information content (AvgIpc) is 2.47. The molecule has 0 spiro atoms. The minimum Gasteiger partial charge on any atom is -0.481 e. The first kappa shape index (κ1) is 16.5. The van der Waals surface area contributed by atoms with Gasteiger partial charge in [-0.2, -0.15) is 0 Å². The second kappa shape index (κ2) is 6.51. The fourth-order valence-corrected chi connectivity index (χ4v) is 2.88. The molecule has 1 fully saturated rings. The van der Waals surface area contributed by atoms with E-state index >= 15 is 0 Å². The number of aliphatic carboxylic acids is 1. The van der Waals surface area contributed by atoms with Gasteiger partial charge in [0, 0.05) is 11.6 Å². The van der Waals surface area contributed by atoms with Gasteiger partial charge in [-0.05, 0) is 48.8 Å². The van der Waals surface area contributed by atoms with Gasteiger partial charge in [0.25, 0.3) is 5.91 Å². The van der Waals surface area contributed by atoms with Crippen LogP contribution in [0.5, 0.6) is 0 Å². The number of benzene rings is 1. The third-order valence-electron chi connectivity index (χ3n) is 4.42. The van der Waals surface area contributed by atoms with Crippen molar-refractivity contribution in [3.63, 3.8) is 0 Å². The van der Waals surface area contributed by atoms with Crippen molar-refractivity contribution in [3.8, 4) is 0 Å². The van der Waals surface area contributed by atoms with E-state index < -0.39 is 5.97 Å². The van der Waals surface area contributed by atoms with Crippen LogP contribution in [0.1, 0.15) is 62.4 Å². The topological polar surface area (TPSA) is 66.4 Å². The summed E-state index contributed by atoms with van der Waals surface area (Å²) in [5.41, 5.74) is 1.93. The van der Waals surface area contributed by atoms with Crippen LogP contribution in [-0.4, -0.2) is 23.0 Å². The van der Waals surface area contributed by atoms with Gasteiger partial charge in [-0.3, -0.25) is 9.59 Å². The summed E-state index contributed by atoms with van der Waals surface area (Å²) in [4.78, 5) is 23.2. The van der Waals surface area contributed by atoms with Crippen molar-refractivity contribution in [1.82, 2.24) is 5.32 Å². The van der Waals surface area contributed by atoms with Gasteiger partial charge >= 0.3 is 5.97 Å². The Morgan fingerprint density at radius 3 is 2.05 bits per heavy atom. The zero-order valence-electron chi connectivity index (χ0n) is 13.6. The van der Waals surface area contributed by atoms with E-state index in [1.54, 1.807) is 0 Å². The standard InChI is InChI=1S/C18H25NO3/c1-18(2,3)14-8-4-12(5-9-14)16(20)19-15-10-6-13(7-11-15)17(21)22/h4-5,8-9,13,15H,6-7,10-11H2,1-3H3,(H,19,20)(H,21,22). The molecule has 1 amide bonds. The van der Waals surface area contributed by atoms with Crippen molar-refractivity contribution in [3.05, 3.63) is 35.4 Å². The van der Waals surface area contributed by atoms with Gasteiger partial charge in [-0.15, -0.1) is 0 Å². The molecule has 1 aromatic carbocycles. The molecule has 4 nitrogen and oxygen atoms in total. The SMILES string of the molecule is CC(C)(C)c1ccc(C(=O)NC2CCC(C(=O)O)CC2)cc1. The molecule has 0 heterocycles. The molecule has 0 saturated heterocycles. The predicted octanol–water partition coefficient (Wildman–Crippen LogP) is 3.36. The van der Waals surface area contributed by atoms with Gasteiger partial charge in [-0.25, -0.2) is 0 Å². The Labute approximate surface area is 131 Å². The Bertz CT molecular complexity index is 534. The number of carboxylic acid groups (broad SMARTS) is 1. The van der Waals surface area contributed by atoms with Crippen LogP contribution < -0.4 is 5.32 Å². The lowest BCUT2D eigenvalue weighted by Gasteiger charge is -2.27. The third-order valence-corrected chi connectivity index (χ3v) is 4.42. The quantitative estimate of drug-likeness (QED) is 0.900. The molecule has 1 aliphatic rings. The van der Waals surface area contributed by atoms with E-state index in [0.29, 0.717) is 18.4 Å². The molecule has 0 unspecified atom stereocenters. The minimum absolute atomic E-state index is 0.0702. The largest absolute Gasteiger partial charge is 0.481 e. The molecule has 1 aliphatic carbocycles. The summed E-state index contributed by atoms with van der Waals surface area (Å²) in [6.07, 6.45) is 2.76. The lowest BCUT2D eigenvalue weighted by atomic mass is 9.85. The predicted molar refractivity (Wildman–Crippen MR) is 86.0 cm³/mol. The molecule has 1 saturated carbocycles. The van der Waals surface area contributed by atoms with Gasteiger partial charge in [0.05, 0.1) is 5.92 Å². The van der Waals surface area contributed by atoms with Gasteiger partial charge in [0.2, 0.25) is 0 Å². The molecule has 0 bridgehead atoms. The molecule has 0 aromatic heterocycles. The van der Waals surface area contributed by atoms with Crippen LogP contribution in [0.4, 0.5) is 0 Å². The Morgan fingerprint density at radius 1 is 1.05 bits per heavy atom. The smallest absolute Gasteiger partial charge is 0.306 e. The second-order valence-corrected chi connectivity index (χ2v) is 7.19. The summed E-state index contributed by atoms with van der Waals surface area (Å²) in [5, 5.41) is 12.0. The lowest BCUT2D eigenvalue weighted by molar-refractivity contribution is -0.142. The Hall–Kier alpha value is -1.84. The van der Waals surface area contributed by atoms with Crippen LogP contribution in [0.15, 0.2) is 24.3 Å². The third kappa shape index (κ3) is 4.09. The summed E-state index contributed by atoms with van der Waals surface area (Å²) in [5.74, 6) is -1.04. The molecule has 1 aromatic rings. The minimum atomic E-state index is -0.720. The highest BCUT2D eigenvalue weighted by atomic mass is 16.4. The van der Waals surface area contributed by atoms with Crippen LogP contribution in [0.2, 0.25) is 0 Å². The number of rotatable bonds is 3. The lowest BCUT2D eigenvalue weighted by Crippen LogP contribution is -2.38. The van der Waals surface area contributed by atoms with Crippen LogP contribution in [0.3, 0.4) is 0 Å². The van der Waals surface area contributed by atoms with Crippen molar-refractivity contribution in [2.24, 2.45) is 5.92 Å². The maximum Gasteiger partial charge on any atom is 0.306 e. The van der Waals surface area contributed by atoms with Gasteiger partial charge in [-0.1, -0.05) is 32.9 Å². The first-order valence-corrected chi connectivity index (χ1v) is 7.91. The van der Waals surface area contributed by atoms with Gasteiger partial charge in [0.1, 0.15) is 0 Å². The molecular weight excluding hydrogens is 278 g/mol. The van der Waals surface area contributed by atoms with Gasteiger partial charge < -0.3 is 10.4 Å². The van der Waals surface area contributed by atoms with Crippen LogP contribution in [0, 0.1) is 5.92 Å². The number of carbonyl (C=O) groups is 2. The van der Waals surface area contributed by atoms with Crippen molar-refractivity contribution in [2.75, 3.05) is 0 Å². The van der Waals surface area contributed by atoms with Crippen molar-refractivity contribution < 1.29 is 14.7 Å². The van der Waals surface area contributed by atoms with Crippen LogP contribution >= 0.6 is 0 Å². The van der Waals surface area contributed by atoms with Gasteiger partial charge in [0.15, 0.2) is 0 Å². The zero-order chi connectivity index (χ0) is 16.3. The van der Waals surface area contributed by atoms with Crippen molar-refractivity contribution in [1.29, 1.82) is 0 Å². The first-order valence-electron chi connectivity index (χ1n) is 7.91. The van der Waals surface area contributed by atoms with E-state index in [1.807, 2.05) is 24.3 Å². The normalized spacial score (nSPS) is 22.1. The summed E-state index contributed by atoms with van der Waals surface area (Å²) in [6.45, 7) is 6.43. The number of carboxylic acids is 1. The summed E-state index contributed by atoms with van der Waals surface area (Å²) in [6, 6.07) is 7.80. The fourth-order valence-electron chi connectivity index (χ4n) is 2.88. The van der Waals surface area contributed by atoms with E-state index in [-0.39, 0.29) is 23.3 Å².